The van der Waals surface area contributed by atoms with Crippen LogP contribution in [0.15, 0.2) is 53.1 Å². The van der Waals surface area contributed by atoms with Crippen LogP contribution in [0.25, 0.3) is 0 Å². The van der Waals surface area contributed by atoms with Crippen LogP contribution in [0, 0.1) is 12.7 Å². The fraction of sp³-hybridized carbons (Fsp3) is 0.250. The predicted molar refractivity (Wildman–Crippen MR) is 119 cm³/mol. The van der Waals surface area contributed by atoms with Crippen molar-refractivity contribution in [2.24, 2.45) is 0 Å². The van der Waals surface area contributed by atoms with Crippen LogP contribution in [0.3, 0.4) is 0 Å². The third kappa shape index (κ3) is 5.46. The Morgan fingerprint density at radius 1 is 0.969 bits per heavy atom. The maximum Gasteiger partial charge on any atom is 0.259 e. The molecule has 0 aliphatic carbocycles. The quantitative estimate of drug-likeness (QED) is 0.464. The zero-order valence-electron chi connectivity index (χ0n) is 18.2. The first-order valence-electron chi connectivity index (χ1n) is 10.3. The van der Waals surface area contributed by atoms with Crippen LogP contribution in [-0.2, 0) is 0 Å². The number of carbonyl (C=O) groups is 2. The Bertz CT molecular complexity index is 1110. The molecule has 0 fully saturated rings. The van der Waals surface area contributed by atoms with Gasteiger partial charge in [-0.05, 0) is 62.7 Å². The first-order chi connectivity index (χ1) is 15.4. The summed E-state index contributed by atoms with van der Waals surface area (Å²) in [7, 11) is 0. The molecule has 0 unspecified atom stereocenters. The number of nitrogens with one attached hydrogen (secondary N) is 2. The molecule has 3 rings (SSSR count). The lowest BCUT2D eigenvalue weighted by atomic mass is 10.1. The Morgan fingerprint density at radius 3 is 2.47 bits per heavy atom. The van der Waals surface area contributed by atoms with Crippen LogP contribution in [-0.4, -0.2) is 25.0 Å². The molecule has 1 aromatic heterocycles. The monoisotopic (exact) mass is 440 g/mol. The standard InChI is InChI=1S/C24H25FN2O5/c1-4-11-32-21-9-6-16(13-22(21)30-5-2)23(28)26-17-7-8-19(25)20(14-17)27-24(29)18-10-12-31-15(18)3/h6-10,12-14H,4-5,11H2,1-3H3,(H,26,28)(H,27,29). The second-order valence-corrected chi connectivity index (χ2v) is 6.94. The van der Waals surface area contributed by atoms with Crippen molar-refractivity contribution in [3.63, 3.8) is 0 Å². The average molecular weight is 440 g/mol. The first kappa shape index (κ1) is 22.9. The minimum absolute atomic E-state index is 0.0632. The van der Waals surface area contributed by atoms with E-state index in [1.807, 2.05) is 13.8 Å². The van der Waals surface area contributed by atoms with Gasteiger partial charge in [-0.1, -0.05) is 6.92 Å². The van der Waals surface area contributed by atoms with Gasteiger partial charge in [-0.15, -0.1) is 0 Å². The summed E-state index contributed by atoms with van der Waals surface area (Å²) >= 11 is 0. The Morgan fingerprint density at radius 2 is 1.78 bits per heavy atom. The highest BCUT2D eigenvalue weighted by Gasteiger charge is 2.16. The number of aryl methyl sites for hydroxylation is 1. The number of rotatable bonds is 9. The summed E-state index contributed by atoms with van der Waals surface area (Å²) in [5.74, 6) is -0.106. The molecule has 2 amide bonds. The molecular formula is C24H25FN2O5. The Kier molecular flexibility index (Phi) is 7.49. The Hall–Kier alpha value is -3.81. The van der Waals surface area contributed by atoms with Crippen LogP contribution in [0.5, 0.6) is 11.5 Å². The van der Waals surface area contributed by atoms with Gasteiger partial charge in [0, 0.05) is 11.3 Å². The molecule has 1 heterocycles. The summed E-state index contributed by atoms with van der Waals surface area (Å²) in [6.45, 7) is 6.43. The lowest BCUT2D eigenvalue weighted by molar-refractivity contribution is 0.101. The van der Waals surface area contributed by atoms with Crippen molar-refractivity contribution >= 4 is 23.2 Å². The number of hydrogen-bond donors (Lipinski definition) is 2. The zero-order valence-corrected chi connectivity index (χ0v) is 18.2. The van der Waals surface area contributed by atoms with Crippen molar-refractivity contribution < 1.29 is 27.9 Å². The van der Waals surface area contributed by atoms with Crippen molar-refractivity contribution in [3.8, 4) is 11.5 Å². The van der Waals surface area contributed by atoms with Crippen LogP contribution in [0.4, 0.5) is 15.8 Å². The fourth-order valence-electron chi connectivity index (χ4n) is 2.96. The van der Waals surface area contributed by atoms with Crippen molar-refractivity contribution in [1.82, 2.24) is 0 Å². The molecule has 0 spiro atoms. The van der Waals surface area contributed by atoms with E-state index in [0.29, 0.717) is 47.3 Å². The topological polar surface area (TPSA) is 89.8 Å². The van der Waals surface area contributed by atoms with Crippen LogP contribution >= 0.6 is 0 Å². The molecule has 32 heavy (non-hydrogen) atoms. The van der Waals surface area contributed by atoms with E-state index in [1.165, 1.54) is 30.5 Å². The van der Waals surface area contributed by atoms with E-state index in [4.69, 9.17) is 13.9 Å². The first-order valence-corrected chi connectivity index (χ1v) is 10.3. The van der Waals surface area contributed by atoms with Gasteiger partial charge in [0.1, 0.15) is 11.6 Å². The van der Waals surface area contributed by atoms with Crippen molar-refractivity contribution in [2.45, 2.75) is 27.2 Å². The smallest absolute Gasteiger partial charge is 0.259 e. The minimum atomic E-state index is -0.631. The summed E-state index contributed by atoms with van der Waals surface area (Å²) in [4.78, 5) is 25.1. The summed E-state index contributed by atoms with van der Waals surface area (Å²) in [5.41, 5.74) is 0.903. The molecule has 8 heteroatoms. The highest BCUT2D eigenvalue weighted by atomic mass is 19.1. The number of benzene rings is 2. The van der Waals surface area contributed by atoms with Gasteiger partial charge >= 0.3 is 0 Å². The molecule has 0 bridgehead atoms. The van der Waals surface area contributed by atoms with Gasteiger partial charge < -0.3 is 24.5 Å². The predicted octanol–water partition coefficient (Wildman–Crippen LogP) is 5.42. The van der Waals surface area contributed by atoms with Crippen LogP contribution in [0.2, 0.25) is 0 Å². The third-order valence-electron chi connectivity index (χ3n) is 4.54. The van der Waals surface area contributed by atoms with Crippen molar-refractivity contribution in [2.75, 3.05) is 23.8 Å². The van der Waals surface area contributed by atoms with E-state index >= 15 is 0 Å². The van der Waals surface area contributed by atoms with Gasteiger partial charge in [0.2, 0.25) is 0 Å². The van der Waals surface area contributed by atoms with Gasteiger partial charge in [-0.2, -0.15) is 0 Å². The molecule has 3 aromatic rings. The van der Waals surface area contributed by atoms with Crippen LogP contribution in [0.1, 0.15) is 46.7 Å². The highest BCUT2D eigenvalue weighted by Crippen LogP contribution is 2.29. The molecule has 0 saturated carbocycles. The molecule has 0 radical (unpaired) electrons. The minimum Gasteiger partial charge on any atom is -0.490 e. The van der Waals surface area contributed by atoms with E-state index in [1.54, 1.807) is 25.1 Å². The summed E-state index contributed by atoms with van der Waals surface area (Å²) in [6.07, 6.45) is 2.23. The molecule has 2 aromatic carbocycles. The second-order valence-electron chi connectivity index (χ2n) is 6.94. The molecule has 0 saturated heterocycles. The van der Waals surface area contributed by atoms with Gasteiger partial charge in [-0.3, -0.25) is 9.59 Å². The molecule has 168 valence electrons. The summed E-state index contributed by atoms with van der Waals surface area (Å²) in [6, 6.07) is 10.3. The van der Waals surface area contributed by atoms with E-state index in [2.05, 4.69) is 10.6 Å². The number of anilines is 2. The number of amides is 2. The lowest BCUT2D eigenvalue weighted by Crippen LogP contribution is -2.15. The molecule has 2 N–H and O–H groups in total. The normalized spacial score (nSPS) is 10.5. The number of hydrogen-bond acceptors (Lipinski definition) is 5. The SMILES string of the molecule is CCCOc1ccc(C(=O)Nc2ccc(F)c(NC(=O)c3ccoc3C)c2)cc1OCC. The van der Waals surface area contributed by atoms with Gasteiger partial charge in [0.05, 0.1) is 30.7 Å². The van der Waals surface area contributed by atoms with Gasteiger partial charge in [0.25, 0.3) is 11.8 Å². The van der Waals surface area contributed by atoms with E-state index in [-0.39, 0.29) is 5.69 Å². The highest BCUT2D eigenvalue weighted by molar-refractivity contribution is 6.07. The number of halogens is 1. The number of furan rings is 1. The van der Waals surface area contributed by atoms with Crippen molar-refractivity contribution in [1.29, 1.82) is 0 Å². The Balaban J connectivity index is 1.76. The molecule has 0 atom stereocenters. The molecule has 0 aliphatic rings. The van der Waals surface area contributed by atoms with Gasteiger partial charge in [-0.25, -0.2) is 4.39 Å². The molecule has 7 nitrogen and oxygen atoms in total. The van der Waals surface area contributed by atoms with Gasteiger partial charge in [0.15, 0.2) is 11.5 Å². The number of ether oxygens (including phenoxy) is 2. The number of carbonyl (C=O) groups excluding carboxylic acids is 2. The largest absolute Gasteiger partial charge is 0.490 e. The van der Waals surface area contributed by atoms with Crippen molar-refractivity contribution in [3.05, 3.63) is 71.4 Å². The fourth-order valence-corrected chi connectivity index (χ4v) is 2.96. The lowest BCUT2D eigenvalue weighted by Gasteiger charge is -2.13. The van der Waals surface area contributed by atoms with E-state index in [0.717, 1.165) is 6.42 Å². The van der Waals surface area contributed by atoms with E-state index in [9.17, 15) is 14.0 Å². The maximum absolute atomic E-state index is 14.2. The molecule has 0 aliphatic heterocycles. The zero-order chi connectivity index (χ0) is 23.1. The third-order valence-corrected chi connectivity index (χ3v) is 4.54. The Labute approximate surface area is 185 Å². The average Bonchev–Trinajstić information content (AvgIpc) is 3.21. The van der Waals surface area contributed by atoms with E-state index < -0.39 is 17.6 Å². The maximum atomic E-state index is 14.2. The molecular weight excluding hydrogens is 415 g/mol. The summed E-state index contributed by atoms with van der Waals surface area (Å²) < 4.78 is 30.6. The second kappa shape index (κ2) is 10.5. The van der Waals surface area contributed by atoms with Crippen LogP contribution < -0.4 is 20.1 Å². The summed E-state index contributed by atoms with van der Waals surface area (Å²) in [5, 5.41) is 5.20.